The fourth-order valence-corrected chi connectivity index (χ4v) is 3.37. The highest BCUT2D eigenvalue weighted by Gasteiger charge is 2.33. The second kappa shape index (κ2) is 4.66. The molecule has 1 heterocycles. The summed E-state index contributed by atoms with van der Waals surface area (Å²) >= 11 is 0. The molecular weight excluding hydrogens is 206 g/mol. The van der Waals surface area contributed by atoms with E-state index in [1.807, 2.05) is 0 Å². The molecule has 1 nitrogen and oxygen atoms in total. The van der Waals surface area contributed by atoms with Gasteiger partial charge in [-0.1, -0.05) is 42.0 Å². The van der Waals surface area contributed by atoms with Crippen LogP contribution >= 0.6 is 0 Å². The number of hydrogen-bond acceptors (Lipinski definition) is 1. The van der Waals surface area contributed by atoms with E-state index in [-0.39, 0.29) is 0 Å². The van der Waals surface area contributed by atoms with Crippen LogP contribution in [-0.4, -0.2) is 17.5 Å². The molecule has 1 saturated heterocycles. The summed E-state index contributed by atoms with van der Waals surface area (Å²) in [6.45, 7) is 3.60. The van der Waals surface area contributed by atoms with Gasteiger partial charge in [0.25, 0.3) is 0 Å². The van der Waals surface area contributed by atoms with Gasteiger partial charge in [0.2, 0.25) is 0 Å². The monoisotopic (exact) mass is 227 g/mol. The Bertz CT molecular complexity index is 407. The normalized spacial score (nSPS) is 26.4. The third-order valence-electron chi connectivity index (χ3n) is 4.35. The zero-order valence-corrected chi connectivity index (χ0v) is 10.6. The van der Waals surface area contributed by atoms with Crippen molar-refractivity contribution in [1.82, 2.24) is 4.90 Å². The Morgan fingerprint density at radius 1 is 1.24 bits per heavy atom. The molecule has 0 spiro atoms. The summed E-state index contributed by atoms with van der Waals surface area (Å²) in [7, 11) is 0. The first-order chi connectivity index (χ1) is 8.36. The number of likely N-dealkylation sites (tertiary alicyclic amines) is 1. The molecule has 0 aromatic heterocycles. The first-order valence-corrected chi connectivity index (χ1v) is 6.86. The summed E-state index contributed by atoms with van der Waals surface area (Å²) in [5, 5.41) is 0. The van der Waals surface area contributed by atoms with Crippen molar-refractivity contribution in [1.29, 1.82) is 0 Å². The maximum absolute atomic E-state index is 2.69. The van der Waals surface area contributed by atoms with Gasteiger partial charge in [0.1, 0.15) is 0 Å². The van der Waals surface area contributed by atoms with Gasteiger partial charge in [-0.3, -0.25) is 4.90 Å². The van der Waals surface area contributed by atoms with Gasteiger partial charge in [-0.25, -0.2) is 0 Å². The lowest BCUT2D eigenvalue weighted by Crippen LogP contribution is -2.33. The lowest BCUT2D eigenvalue weighted by molar-refractivity contribution is 0.192. The topological polar surface area (TPSA) is 3.24 Å². The van der Waals surface area contributed by atoms with Crippen LogP contribution in [-0.2, 0) is 0 Å². The molecule has 0 N–H and O–H groups in total. The molecule has 1 aliphatic heterocycles. The van der Waals surface area contributed by atoms with Crippen LogP contribution in [0.2, 0.25) is 0 Å². The van der Waals surface area contributed by atoms with Gasteiger partial charge in [-0.05, 0) is 38.2 Å². The van der Waals surface area contributed by atoms with Crippen molar-refractivity contribution in [2.45, 2.75) is 44.7 Å². The fraction of sp³-hybridized carbons (Fsp3) is 0.500. The highest BCUT2D eigenvalue weighted by Crippen LogP contribution is 2.37. The van der Waals surface area contributed by atoms with E-state index in [0.717, 1.165) is 6.04 Å². The number of nitrogens with zero attached hydrogens (tertiary/aromatic N) is 1. The molecule has 1 unspecified atom stereocenters. The third kappa shape index (κ3) is 2.04. The molecule has 0 bridgehead atoms. The van der Waals surface area contributed by atoms with Crippen molar-refractivity contribution in [2.75, 3.05) is 6.54 Å². The Hall–Kier alpha value is -1.08. The molecule has 1 aromatic carbocycles. The van der Waals surface area contributed by atoms with Gasteiger partial charge in [-0.15, -0.1) is 0 Å². The zero-order valence-electron chi connectivity index (χ0n) is 10.6. The van der Waals surface area contributed by atoms with Crippen LogP contribution in [0.1, 0.15) is 44.2 Å². The summed E-state index contributed by atoms with van der Waals surface area (Å²) in [6.07, 6.45) is 7.82. The van der Waals surface area contributed by atoms with Crippen LogP contribution in [0.5, 0.6) is 0 Å². The van der Waals surface area contributed by atoms with E-state index in [2.05, 4.69) is 48.2 Å². The van der Waals surface area contributed by atoms with Crippen LogP contribution in [0, 0.1) is 0 Å². The molecule has 1 aliphatic carbocycles. The maximum atomic E-state index is 2.69. The number of rotatable bonds is 2. The molecule has 1 heteroatoms. The predicted octanol–water partition coefficient (Wildman–Crippen LogP) is 3.93. The summed E-state index contributed by atoms with van der Waals surface area (Å²) in [5.74, 6) is 0. The molecule has 3 rings (SSSR count). The lowest BCUT2D eigenvalue weighted by atomic mass is 9.94. The molecule has 0 saturated carbocycles. The Balaban J connectivity index is 1.81. The second-order valence-electron chi connectivity index (χ2n) is 5.30. The molecule has 90 valence electrons. The minimum Gasteiger partial charge on any atom is -0.290 e. The summed E-state index contributed by atoms with van der Waals surface area (Å²) in [5.41, 5.74) is 3.17. The van der Waals surface area contributed by atoms with Crippen LogP contribution in [0.4, 0.5) is 0 Å². The number of allylic oxidation sites excluding steroid dienone is 1. The highest BCUT2D eigenvalue weighted by molar-refractivity contribution is 5.24. The minimum atomic E-state index is 0.560. The minimum absolute atomic E-state index is 0.560. The number of hydrogen-bond donors (Lipinski definition) is 0. The van der Waals surface area contributed by atoms with Crippen LogP contribution in [0.3, 0.4) is 0 Å². The number of benzene rings is 1. The Morgan fingerprint density at radius 2 is 2.06 bits per heavy atom. The fourth-order valence-electron chi connectivity index (χ4n) is 3.37. The average molecular weight is 227 g/mol. The van der Waals surface area contributed by atoms with E-state index in [9.17, 15) is 0 Å². The van der Waals surface area contributed by atoms with Gasteiger partial charge in [-0.2, -0.15) is 0 Å². The van der Waals surface area contributed by atoms with E-state index < -0.39 is 0 Å². The lowest BCUT2D eigenvalue weighted by Gasteiger charge is -2.32. The maximum Gasteiger partial charge on any atom is 0.0326 e. The van der Waals surface area contributed by atoms with Crippen molar-refractivity contribution < 1.29 is 0 Å². The quantitative estimate of drug-likeness (QED) is 0.692. The van der Waals surface area contributed by atoms with Gasteiger partial charge in [0, 0.05) is 18.6 Å². The van der Waals surface area contributed by atoms with Crippen LogP contribution in [0.25, 0.3) is 0 Å². The Labute approximate surface area is 104 Å². The van der Waals surface area contributed by atoms with E-state index >= 15 is 0 Å². The van der Waals surface area contributed by atoms with Crippen molar-refractivity contribution in [3.63, 3.8) is 0 Å². The first-order valence-electron chi connectivity index (χ1n) is 6.86. The first kappa shape index (κ1) is 11.0. The second-order valence-corrected chi connectivity index (χ2v) is 5.30. The number of fused-ring (bicyclic) bond motifs is 1. The van der Waals surface area contributed by atoms with Crippen LogP contribution in [0.15, 0.2) is 42.0 Å². The molecule has 2 atom stereocenters. The molecule has 0 amide bonds. The highest BCUT2D eigenvalue weighted by atomic mass is 15.2. The van der Waals surface area contributed by atoms with Gasteiger partial charge >= 0.3 is 0 Å². The predicted molar refractivity (Wildman–Crippen MR) is 71.9 cm³/mol. The van der Waals surface area contributed by atoms with Gasteiger partial charge in [0.15, 0.2) is 0 Å². The van der Waals surface area contributed by atoms with Gasteiger partial charge < -0.3 is 0 Å². The summed E-state index contributed by atoms with van der Waals surface area (Å²) in [4.78, 5) is 2.69. The zero-order chi connectivity index (χ0) is 11.7. The van der Waals surface area contributed by atoms with E-state index in [4.69, 9.17) is 0 Å². The van der Waals surface area contributed by atoms with Crippen molar-refractivity contribution >= 4 is 0 Å². The Kier molecular flexibility index (Phi) is 3.02. The Morgan fingerprint density at radius 3 is 2.88 bits per heavy atom. The SMILES string of the molecule is C[C@@H](c1ccccc1)N1CCC2=CCCCC21. The van der Waals surface area contributed by atoms with Crippen molar-refractivity contribution in [3.05, 3.63) is 47.5 Å². The van der Waals surface area contributed by atoms with E-state index in [1.54, 1.807) is 5.57 Å². The molecule has 1 fully saturated rings. The molecular formula is C16H21N. The average Bonchev–Trinajstić information content (AvgIpc) is 2.83. The summed E-state index contributed by atoms with van der Waals surface area (Å²) < 4.78 is 0. The van der Waals surface area contributed by atoms with Crippen molar-refractivity contribution in [2.24, 2.45) is 0 Å². The molecule has 17 heavy (non-hydrogen) atoms. The standard InChI is InChI=1S/C16H21N/c1-13(14-7-3-2-4-8-14)17-12-11-15-9-5-6-10-16(15)17/h2-4,7-9,13,16H,5-6,10-12H2,1H3/t13-,16?/m0/s1. The molecule has 1 aromatic rings. The van der Waals surface area contributed by atoms with Gasteiger partial charge in [0.05, 0.1) is 0 Å². The van der Waals surface area contributed by atoms with Crippen LogP contribution < -0.4 is 0 Å². The molecule has 0 radical (unpaired) electrons. The summed E-state index contributed by atoms with van der Waals surface area (Å²) in [6, 6.07) is 12.2. The van der Waals surface area contributed by atoms with E-state index in [1.165, 1.54) is 37.8 Å². The third-order valence-corrected chi connectivity index (χ3v) is 4.35. The van der Waals surface area contributed by atoms with E-state index in [0.29, 0.717) is 6.04 Å². The van der Waals surface area contributed by atoms with Crippen molar-refractivity contribution in [3.8, 4) is 0 Å². The molecule has 2 aliphatic rings. The smallest absolute Gasteiger partial charge is 0.0326 e. The largest absolute Gasteiger partial charge is 0.290 e.